The van der Waals surface area contributed by atoms with Crippen LogP contribution in [-0.2, 0) is 26.1 Å². The average molecular weight is 408 g/mol. The summed E-state index contributed by atoms with van der Waals surface area (Å²) in [6, 6.07) is 4.47. The molecule has 0 heterocycles. The number of halogens is 2. The van der Waals surface area contributed by atoms with Gasteiger partial charge in [-0.3, -0.25) is 4.79 Å². The van der Waals surface area contributed by atoms with Gasteiger partial charge in [0.15, 0.2) is 0 Å². The Morgan fingerprint density at radius 3 is 2.48 bits per heavy atom. The van der Waals surface area contributed by atoms with Crippen molar-refractivity contribution in [3.05, 3.63) is 34.1 Å². The zero-order valence-electron chi connectivity index (χ0n) is 14.0. The Morgan fingerprint density at radius 2 is 1.96 bits per heavy atom. The first kappa shape index (κ1) is 20.3. The van der Waals surface area contributed by atoms with Crippen LogP contribution in [0.15, 0.2) is 22.7 Å². The lowest BCUT2D eigenvalue weighted by atomic mass is 9.89. The first-order valence-electron chi connectivity index (χ1n) is 7.30. The molecule has 130 valence electrons. The smallest absolute Gasteiger partial charge is 0.308 e. The van der Waals surface area contributed by atoms with E-state index in [4.69, 9.17) is 4.74 Å². The second kappa shape index (κ2) is 7.85. The van der Waals surface area contributed by atoms with Gasteiger partial charge in [-0.15, -0.1) is 0 Å². The third-order valence-corrected chi connectivity index (χ3v) is 5.44. The van der Waals surface area contributed by atoms with Crippen LogP contribution in [0.5, 0.6) is 0 Å². The first-order valence-corrected chi connectivity index (χ1v) is 9.24. The molecule has 0 aliphatic rings. The Hall–Kier alpha value is -0.790. The quantitative estimate of drug-likeness (QED) is 0.729. The largest absolute Gasteiger partial charge is 0.466 e. The molecule has 0 aliphatic carbocycles. The van der Waals surface area contributed by atoms with E-state index in [1.54, 1.807) is 46.8 Å². The van der Waals surface area contributed by atoms with E-state index < -0.39 is 33.1 Å². The summed E-state index contributed by atoms with van der Waals surface area (Å²) in [4.78, 5) is 12.0. The number of benzene rings is 1. The summed E-state index contributed by atoms with van der Waals surface area (Å²) < 4.78 is 34.9. The number of ether oxygens (including phenoxy) is 1. The molecule has 1 aromatic rings. The molecule has 0 amide bonds. The molecule has 0 spiro atoms. The summed E-state index contributed by atoms with van der Waals surface area (Å²) in [6.45, 7) is 9.00. The third kappa shape index (κ3) is 5.65. The Kier molecular flexibility index (Phi) is 6.92. The van der Waals surface area contributed by atoms with Crippen molar-refractivity contribution in [1.29, 1.82) is 0 Å². The molecule has 0 saturated carbocycles. The number of esters is 1. The maximum atomic E-state index is 14.3. The molecule has 1 rings (SSSR count). The average Bonchev–Trinajstić information content (AvgIpc) is 2.40. The highest BCUT2D eigenvalue weighted by Gasteiger charge is 2.37. The maximum absolute atomic E-state index is 14.3. The highest BCUT2D eigenvalue weighted by molar-refractivity contribution is 9.10. The van der Waals surface area contributed by atoms with Crippen LogP contribution in [0.3, 0.4) is 0 Å². The SMILES string of the molecule is CCOC(=O)CC(C)(NS(=O)C(C)(C)C)c1cc(Br)ccc1F. The molecule has 2 unspecified atom stereocenters. The molecular formula is C16H23BrFNO3S. The predicted molar refractivity (Wildman–Crippen MR) is 93.7 cm³/mol. The molecule has 7 heteroatoms. The number of carbonyl (C=O) groups excluding carboxylic acids is 1. The van der Waals surface area contributed by atoms with E-state index in [0.29, 0.717) is 4.47 Å². The van der Waals surface area contributed by atoms with Crippen LogP contribution in [-0.4, -0.2) is 21.5 Å². The van der Waals surface area contributed by atoms with Gasteiger partial charge in [0, 0.05) is 10.0 Å². The van der Waals surface area contributed by atoms with E-state index in [0.717, 1.165) is 0 Å². The predicted octanol–water partition coefficient (Wildman–Crippen LogP) is 3.81. The molecule has 0 radical (unpaired) electrons. The fraction of sp³-hybridized carbons (Fsp3) is 0.562. The van der Waals surface area contributed by atoms with E-state index in [2.05, 4.69) is 20.7 Å². The normalized spacial score (nSPS) is 15.8. The monoisotopic (exact) mass is 407 g/mol. The Labute approximate surface area is 147 Å². The van der Waals surface area contributed by atoms with Crippen LogP contribution < -0.4 is 4.72 Å². The number of hydrogen-bond donors (Lipinski definition) is 1. The summed E-state index contributed by atoms with van der Waals surface area (Å²) in [5, 5.41) is 0. The topological polar surface area (TPSA) is 55.4 Å². The zero-order chi connectivity index (χ0) is 17.8. The van der Waals surface area contributed by atoms with Crippen LogP contribution in [0.25, 0.3) is 0 Å². The number of hydrogen-bond acceptors (Lipinski definition) is 3. The van der Waals surface area contributed by atoms with Crippen molar-refractivity contribution in [2.24, 2.45) is 0 Å². The minimum absolute atomic E-state index is 0.129. The fourth-order valence-electron chi connectivity index (χ4n) is 1.97. The minimum atomic E-state index is -1.48. The molecule has 1 N–H and O–H groups in total. The maximum Gasteiger partial charge on any atom is 0.308 e. The summed E-state index contributed by atoms with van der Waals surface area (Å²) in [5.74, 6) is -0.953. The number of carbonyl (C=O) groups is 1. The van der Waals surface area contributed by atoms with Gasteiger partial charge in [-0.2, -0.15) is 0 Å². The van der Waals surface area contributed by atoms with E-state index in [-0.39, 0.29) is 18.6 Å². The van der Waals surface area contributed by atoms with Crippen molar-refractivity contribution in [3.8, 4) is 0 Å². The van der Waals surface area contributed by atoms with Gasteiger partial charge in [0.2, 0.25) is 0 Å². The van der Waals surface area contributed by atoms with Crippen molar-refractivity contribution in [2.75, 3.05) is 6.61 Å². The molecular weight excluding hydrogens is 385 g/mol. The molecule has 23 heavy (non-hydrogen) atoms. The van der Waals surface area contributed by atoms with Gasteiger partial charge in [-0.25, -0.2) is 13.3 Å². The van der Waals surface area contributed by atoms with Crippen LogP contribution in [0.2, 0.25) is 0 Å². The van der Waals surface area contributed by atoms with Crippen molar-refractivity contribution in [3.63, 3.8) is 0 Å². The summed E-state index contributed by atoms with van der Waals surface area (Å²) in [5.41, 5.74) is -0.893. The van der Waals surface area contributed by atoms with Crippen LogP contribution in [0.1, 0.15) is 46.6 Å². The molecule has 0 aromatic heterocycles. The number of nitrogens with one attached hydrogen (secondary N) is 1. The lowest BCUT2D eigenvalue weighted by Crippen LogP contribution is -2.48. The van der Waals surface area contributed by atoms with Crippen LogP contribution in [0, 0.1) is 5.82 Å². The van der Waals surface area contributed by atoms with Gasteiger partial charge in [0.05, 0.1) is 34.3 Å². The third-order valence-electron chi connectivity index (χ3n) is 3.20. The Morgan fingerprint density at radius 1 is 1.35 bits per heavy atom. The lowest BCUT2D eigenvalue weighted by Gasteiger charge is -2.33. The van der Waals surface area contributed by atoms with E-state index in [1.165, 1.54) is 6.07 Å². The molecule has 0 bridgehead atoms. The van der Waals surface area contributed by atoms with Gasteiger partial charge < -0.3 is 4.74 Å². The van der Waals surface area contributed by atoms with E-state index >= 15 is 0 Å². The van der Waals surface area contributed by atoms with Gasteiger partial charge >= 0.3 is 5.97 Å². The van der Waals surface area contributed by atoms with Gasteiger partial charge in [0.25, 0.3) is 0 Å². The van der Waals surface area contributed by atoms with Gasteiger partial charge in [0.1, 0.15) is 5.82 Å². The summed E-state index contributed by atoms with van der Waals surface area (Å²) >= 11 is 3.30. The minimum Gasteiger partial charge on any atom is -0.466 e. The van der Waals surface area contributed by atoms with E-state index in [9.17, 15) is 13.4 Å². The zero-order valence-corrected chi connectivity index (χ0v) is 16.4. The van der Waals surface area contributed by atoms with Crippen molar-refractivity contribution in [1.82, 2.24) is 4.72 Å². The number of rotatable bonds is 6. The van der Waals surface area contributed by atoms with E-state index in [1.807, 2.05) is 0 Å². The molecule has 1 aromatic carbocycles. The second-order valence-electron chi connectivity index (χ2n) is 6.42. The Bertz CT molecular complexity index is 603. The first-order chi connectivity index (χ1) is 10.5. The van der Waals surface area contributed by atoms with Gasteiger partial charge in [-0.05, 0) is 52.8 Å². The van der Waals surface area contributed by atoms with Crippen molar-refractivity contribution >= 4 is 32.9 Å². The van der Waals surface area contributed by atoms with Crippen molar-refractivity contribution in [2.45, 2.75) is 51.3 Å². The lowest BCUT2D eigenvalue weighted by molar-refractivity contribution is -0.144. The standard InChI is InChI=1S/C16H23BrFNO3S/c1-6-22-14(20)10-16(5,19-23(21)15(2,3)4)12-9-11(17)7-8-13(12)18/h7-9,19H,6,10H2,1-5H3. The second-order valence-corrected chi connectivity index (χ2v) is 9.30. The molecule has 2 atom stereocenters. The Balaban J connectivity index is 3.27. The van der Waals surface area contributed by atoms with Crippen LogP contribution in [0.4, 0.5) is 4.39 Å². The van der Waals surface area contributed by atoms with Gasteiger partial charge in [-0.1, -0.05) is 15.9 Å². The summed E-state index contributed by atoms with van der Waals surface area (Å²) in [6.07, 6.45) is -0.129. The molecule has 0 fully saturated rings. The molecule has 0 saturated heterocycles. The molecule has 4 nitrogen and oxygen atoms in total. The highest BCUT2D eigenvalue weighted by Crippen LogP contribution is 2.31. The highest BCUT2D eigenvalue weighted by atomic mass is 79.9. The summed E-state index contributed by atoms with van der Waals surface area (Å²) in [7, 11) is -1.48. The molecule has 0 aliphatic heterocycles. The van der Waals surface area contributed by atoms with Crippen LogP contribution >= 0.6 is 15.9 Å². The fourth-order valence-corrected chi connectivity index (χ4v) is 3.22. The van der Waals surface area contributed by atoms with Crippen molar-refractivity contribution < 1.29 is 18.1 Å².